The van der Waals surface area contributed by atoms with Crippen molar-refractivity contribution in [2.24, 2.45) is 7.05 Å². The van der Waals surface area contributed by atoms with Crippen molar-refractivity contribution >= 4 is 17.4 Å². The number of aryl methyl sites for hydroxylation is 3. The molecule has 0 N–H and O–H groups in total. The minimum atomic E-state index is 0.0625. The minimum Gasteiger partial charge on any atom is -0.294 e. The van der Waals surface area contributed by atoms with Gasteiger partial charge in [0.25, 0.3) is 0 Å². The molecule has 0 unspecified atom stereocenters. The average molecular weight is 277 g/mol. The van der Waals surface area contributed by atoms with Gasteiger partial charge >= 0.3 is 0 Å². The predicted octanol–water partition coefficient (Wildman–Crippen LogP) is 3.37. The van der Waals surface area contributed by atoms with Crippen LogP contribution >= 0.6 is 11.6 Å². The molecule has 0 radical (unpaired) electrons. The largest absolute Gasteiger partial charge is 0.294 e. The quantitative estimate of drug-likeness (QED) is 0.803. The number of hydrogen-bond donors (Lipinski definition) is 0. The first-order valence-electron chi connectivity index (χ1n) is 6.33. The number of nitrogens with zero attached hydrogens (tertiary/aromatic N) is 2. The van der Waals surface area contributed by atoms with Gasteiger partial charge in [-0.1, -0.05) is 48.4 Å². The van der Waals surface area contributed by atoms with E-state index in [0.717, 1.165) is 23.4 Å². The van der Waals surface area contributed by atoms with Crippen molar-refractivity contribution in [3.8, 4) is 0 Å². The van der Waals surface area contributed by atoms with Crippen molar-refractivity contribution in [3.63, 3.8) is 0 Å². The van der Waals surface area contributed by atoms with Crippen LogP contribution in [-0.2, 0) is 19.9 Å². The molecule has 1 aromatic carbocycles. The SMILES string of the molecule is CCc1nn(C)c(CC(=O)c2ccc(C)cc2)c1Cl. The Labute approximate surface area is 118 Å². The van der Waals surface area contributed by atoms with E-state index in [1.807, 2.05) is 45.2 Å². The topological polar surface area (TPSA) is 34.9 Å². The number of aromatic nitrogens is 2. The monoisotopic (exact) mass is 276 g/mol. The highest BCUT2D eigenvalue weighted by Gasteiger charge is 2.16. The first-order valence-corrected chi connectivity index (χ1v) is 6.70. The molecular weight excluding hydrogens is 260 g/mol. The molecule has 0 spiro atoms. The fourth-order valence-electron chi connectivity index (χ4n) is 2.01. The number of rotatable bonds is 4. The van der Waals surface area contributed by atoms with Gasteiger partial charge in [-0.2, -0.15) is 5.10 Å². The van der Waals surface area contributed by atoms with Crippen LogP contribution in [-0.4, -0.2) is 15.6 Å². The van der Waals surface area contributed by atoms with Gasteiger partial charge in [0.1, 0.15) is 0 Å². The summed E-state index contributed by atoms with van der Waals surface area (Å²) in [6.45, 7) is 4.00. The molecule has 0 aliphatic carbocycles. The van der Waals surface area contributed by atoms with Gasteiger partial charge in [-0.25, -0.2) is 0 Å². The van der Waals surface area contributed by atoms with Gasteiger partial charge in [0, 0.05) is 12.6 Å². The number of benzene rings is 1. The number of halogens is 1. The fraction of sp³-hybridized carbons (Fsp3) is 0.333. The lowest BCUT2D eigenvalue weighted by Gasteiger charge is -2.03. The third-order valence-corrected chi connectivity index (χ3v) is 3.64. The first-order chi connectivity index (χ1) is 9.02. The zero-order valence-electron chi connectivity index (χ0n) is 11.4. The van der Waals surface area contributed by atoms with E-state index in [2.05, 4.69) is 5.10 Å². The molecule has 0 fully saturated rings. The summed E-state index contributed by atoms with van der Waals surface area (Å²) in [5.74, 6) is 0.0625. The van der Waals surface area contributed by atoms with Crippen LogP contribution in [0.1, 0.15) is 34.2 Å². The molecule has 100 valence electrons. The zero-order chi connectivity index (χ0) is 14.0. The first kappa shape index (κ1) is 13.8. The highest BCUT2D eigenvalue weighted by molar-refractivity contribution is 6.32. The molecule has 0 saturated carbocycles. The van der Waals surface area contributed by atoms with E-state index in [0.29, 0.717) is 10.6 Å². The zero-order valence-corrected chi connectivity index (χ0v) is 12.2. The second kappa shape index (κ2) is 5.57. The Balaban J connectivity index is 2.24. The van der Waals surface area contributed by atoms with Crippen LogP contribution in [0.4, 0.5) is 0 Å². The molecule has 1 aromatic heterocycles. The maximum absolute atomic E-state index is 12.2. The summed E-state index contributed by atoms with van der Waals surface area (Å²) in [5.41, 5.74) is 3.48. The summed E-state index contributed by atoms with van der Waals surface area (Å²) in [6.07, 6.45) is 1.05. The Hall–Kier alpha value is -1.61. The van der Waals surface area contributed by atoms with Crippen LogP contribution in [0.2, 0.25) is 5.02 Å². The number of carbonyl (C=O) groups excluding carboxylic acids is 1. The average Bonchev–Trinajstić information content (AvgIpc) is 2.67. The summed E-state index contributed by atoms with van der Waals surface area (Å²) >= 11 is 6.25. The van der Waals surface area contributed by atoms with Crippen molar-refractivity contribution < 1.29 is 4.79 Å². The highest BCUT2D eigenvalue weighted by Crippen LogP contribution is 2.22. The lowest BCUT2D eigenvalue weighted by molar-refractivity contribution is 0.0991. The number of Topliss-reactive ketones (excluding diaryl/α,β-unsaturated/α-hetero) is 1. The Bertz CT molecular complexity index is 599. The molecule has 0 bridgehead atoms. The standard InChI is InChI=1S/C15H17ClN2O/c1-4-12-15(16)13(18(3)17-12)9-14(19)11-7-5-10(2)6-8-11/h5-8H,4,9H2,1-3H3. The summed E-state index contributed by atoms with van der Waals surface area (Å²) in [6, 6.07) is 7.58. The molecule has 0 amide bonds. The molecule has 19 heavy (non-hydrogen) atoms. The lowest BCUT2D eigenvalue weighted by Crippen LogP contribution is -2.08. The third kappa shape index (κ3) is 2.87. The number of ketones is 1. The molecule has 2 aromatic rings. The summed E-state index contributed by atoms with van der Waals surface area (Å²) in [7, 11) is 1.82. The molecule has 1 heterocycles. The second-order valence-corrected chi connectivity index (χ2v) is 5.03. The van der Waals surface area contributed by atoms with Gasteiger partial charge in [0.15, 0.2) is 5.78 Å². The maximum Gasteiger partial charge on any atom is 0.168 e. The van der Waals surface area contributed by atoms with E-state index in [4.69, 9.17) is 11.6 Å². The van der Waals surface area contributed by atoms with E-state index in [1.54, 1.807) is 4.68 Å². The predicted molar refractivity (Wildman–Crippen MR) is 76.8 cm³/mol. The van der Waals surface area contributed by atoms with Crippen molar-refractivity contribution in [2.45, 2.75) is 26.7 Å². The van der Waals surface area contributed by atoms with E-state index in [1.165, 1.54) is 0 Å². The molecule has 2 rings (SSSR count). The van der Waals surface area contributed by atoms with Crippen LogP contribution in [0.15, 0.2) is 24.3 Å². The van der Waals surface area contributed by atoms with E-state index in [9.17, 15) is 4.79 Å². The normalized spacial score (nSPS) is 10.7. The van der Waals surface area contributed by atoms with Crippen molar-refractivity contribution in [3.05, 3.63) is 51.8 Å². The van der Waals surface area contributed by atoms with Crippen LogP contribution < -0.4 is 0 Å². The number of hydrogen-bond acceptors (Lipinski definition) is 2. The molecular formula is C15H17ClN2O. The smallest absolute Gasteiger partial charge is 0.168 e. The summed E-state index contributed by atoms with van der Waals surface area (Å²) < 4.78 is 1.70. The Morgan fingerprint density at radius 1 is 1.32 bits per heavy atom. The molecule has 0 aliphatic heterocycles. The van der Waals surface area contributed by atoms with Crippen LogP contribution in [0.25, 0.3) is 0 Å². The van der Waals surface area contributed by atoms with Gasteiger partial charge in [-0.15, -0.1) is 0 Å². The summed E-state index contributed by atoms with van der Waals surface area (Å²) in [5, 5.41) is 4.94. The Kier molecular flexibility index (Phi) is 4.05. The van der Waals surface area contributed by atoms with Crippen LogP contribution in [0.3, 0.4) is 0 Å². The maximum atomic E-state index is 12.2. The molecule has 0 atom stereocenters. The van der Waals surface area contributed by atoms with Crippen molar-refractivity contribution in [1.29, 1.82) is 0 Å². The minimum absolute atomic E-state index is 0.0625. The molecule has 4 heteroatoms. The van der Waals surface area contributed by atoms with E-state index in [-0.39, 0.29) is 12.2 Å². The molecule has 0 aliphatic rings. The third-order valence-electron chi connectivity index (χ3n) is 3.20. The summed E-state index contributed by atoms with van der Waals surface area (Å²) in [4.78, 5) is 12.2. The lowest BCUT2D eigenvalue weighted by atomic mass is 10.0. The number of carbonyl (C=O) groups is 1. The van der Waals surface area contributed by atoms with Crippen LogP contribution in [0, 0.1) is 6.92 Å². The van der Waals surface area contributed by atoms with E-state index >= 15 is 0 Å². The molecule has 3 nitrogen and oxygen atoms in total. The van der Waals surface area contributed by atoms with Crippen LogP contribution in [0.5, 0.6) is 0 Å². The van der Waals surface area contributed by atoms with Gasteiger partial charge in [0.05, 0.1) is 22.8 Å². The van der Waals surface area contributed by atoms with E-state index < -0.39 is 0 Å². The van der Waals surface area contributed by atoms with Gasteiger partial charge in [0.2, 0.25) is 0 Å². The Morgan fingerprint density at radius 2 is 1.95 bits per heavy atom. The fourth-order valence-corrected chi connectivity index (χ4v) is 2.37. The van der Waals surface area contributed by atoms with Gasteiger partial charge in [-0.05, 0) is 13.3 Å². The van der Waals surface area contributed by atoms with Gasteiger partial charge in [-0.3, -0.25) is 9.48 Å². The Morgan fingerprint density at radius 3 is 2.47 bits per heavy atom. The van der Waals surface area contributed by atoms with Gasteiger partial charge < -0.3 is 0 Å². The van der Waals surface area contributed by atoms with Crippen molar-refractivity contribution in [1.82, 2.24) is 9.78 Å². The molecule has 0 saturated heterocycles. The second-order valence-electron chi connectivity index (χ2n) is 4.65. The highest BCUT2D eigenvalue weighted by atomic mass is 35.5. The van der Waals surface area contributed by atoms with Crippen molar-refractivity contribution in [2.75, 3.05) is 0 Å².